The number of amides is 2. The van der Waals surface area contributed by atoms with Crippen molar-refractivity contribution in [2.24, 2.45) is 0 Å². The normalized spacial score (nSPS) is 10.6. The number of benzene rings is 2. The zero-order chi connectivity index (χ0) is 21.0. The maximum atomic E-state index is 12.6. The fourth-order valence-electron chi connectivity index (χ4n) is 2.62. The van der Waals surface area contributed by atoms with E-state index in [1.807, 2.05) is 6.92 Å². The number of anilines is 2. The zero-order valence-corrected chi connectivity index (χ0v) is 17.7. The molecule has 0 aliphatic rings. The van der Waals surface area contributed by atoms with E-state index < -0.39 is 5.91 Å². The summed E-state index contributed by atoms with van der Waals surface area (Å²) in [6.07, 6.45) is 1.14. The Balaban J connectivity index is 1.78. The first-order chi connectivity index (χ1) is 13.9. The van der Waals surface area contributed by atoms with E-state index >= 15 is 0 Å². The molecule has 3 rings (SSSR count). The Morgan fingerprint density at radius 2 is 1.69 bits per heavy atom. The summed E-state index contributed by atoms with van der Waals surface area (Å²) in [4.78, 5) is 24.4. The lowest BCUT2D eigenvalue weighted by molar-refractivity contribution is -0.116. The molecule has 0 aliphatic heterocycles. The molecule has 0 radical (unpaired) electrons. The molecule has 0 spiro atoms. The highest BCUT2D eigenvalue weighted by Gasteiger charge is 2.16. The summed E-state index contributed by atoms with van der Waals surface area (Å²) in [5, 5.41) is 6.73. The minimum atomic E-state index is -0.492. The molecule has 1 aromatic heterocycles. The number of nitrogens with one attached hydrogen (secondary N) is 2. The molecular weight excluding hydrogens is 435 g/mol. The van der Waals surface area contributed by atoms with Gasteiger partial charge in [-0.1, -0.05) is 41.7 Å². The third-order valence-corrected chi connectivity index (χ3v) is 4.89. The van der Waals surface area contributed by atoms with Crippen molar-refractivity contribution in [1.82, 2.24) is 0 Å². The molecule has 1 heterocycles. The zero-order valence-electron chi connectivity index (χ0n) is 15.4. The standard InChI is InChI=1S/C21H17Cl3N2O3/c1-2-3-20(27)25-13-5-7-16(24)17(11-13)26-21(28)19-9-8-18(29-19)14-10-12(22)4-6-15(14)23/h4-11H,2-3H2,1H3,(H,25,27)(H,26,28). The Labute approximate surface area is 182 Å². The highest BCUT2D eigenvalue weighted by molar-refractivity contribution is 6.35. The molecular formula is C21H17Cl3N2O3. The lowest BCUT2D eigenvalue weighted by Crippen LogP contribution is -2.13. The topological polar surface area (TPSA) is 71.3 Å². The van der Waals surface area contributed by atoms with E-state index in [-0.39, 0.29) is 11.7 Å². The second-order valence-electron chi connectivity index (χ2n) is 6.23. The smallest absolute Gasteiger partial charge is 0.291 e. The number of rotatable bonds is 6. The highest BCUT2D eigenvalue weighted by atomic mass is 35.5. The van der Waals surface area contributed by atoms with Gasteiger partial charge < -0.3 is 15.1 Å². The first kappa shape index (κ1) is 21.2. The van der Waals surface area contributed by atoms with Crippen LogP contribution < -0.4 is 10.6 Å². The van der Waals surface area contributed by atoms with Gasteiger partial charge in [0.05, 0.1) is 15.7 Å². The van der Waals surface area contributed by atoms with Crippen molar-refractivity contribution in [3.8, 4) is 11.3 Å². The van der Waals surface area contributed by atoms with E-state index in [1.165, 1.54) is 6.07 Å². The predicted octanol–water partition coefficient (Wildman–Crippen LogP) is 6.90. The van der Waals surface area contributed by atoms with Crippen LogP contribution in [0.5, 0.6) is 0 Å². The summed E-state index contributed by atoms with van der Waals surface area (Å²) in [7, 11) is 0. The molecule has 150 valence electrons. The molecule has 29 heavy (non-hydrogen) atoms. The van der Waals surface area contributed by atoms with E-state index in [4.69, 9.17) is 39.2 Å². The Bertz CT molecular complexity index is 1060. The van der Waals surface area contributed by atoms with Gasteiger partial charge in [-0.3, -0.25) is 9.59 Å². The highest BCUT2D eigenvalue weighted by Crippen LogP contribution is 2.32. The van der Waals surface area contributed by atoms with Gasteiger partial charge in [0, 0.05) is 22.7 Å². The van der Waals surface area contributed by atoms with Gasteiger partial charge in [0.15, 0.2) is 5.76 Å². The van der Waals surface area contributed by atoms with Gasteiger partial charge in [-0.15, -0.1) is 0 Å². The van der Waals surface area contributed by atoms with E-state index in [2.05, 4.69) is 10.6 Å². The lowest BCUT2D eigenvalue weighted by Gasteiger charge is -2.10. The molecule has 0 fully saturated rings. The van der Waals surface area contributed by atoms with Gasteiger partial charge in [0.25, 0.3) is 5.91 Å². The Hall–Kier alpha value is -2.47. The Kier molecular flexibility index (Phi) is 6.85. The maximum absolute atomic E-state index is 12.6. The fourth-order valence-corrected chi connectivity index (χ4v) is 3.17. The third-order valence-electron chi connectivity index (χ3n) is 4.00. The van der Waals surface area contributed by atoms with Gasteiger partial charge >= 0.3 is 0 Å². The van der Waals surface area contributed by atoms with Crippen LogP contribution >= 0.6 is 34.8 Å². The Morgan fingerprint density at radius 3 is 2.45 bits per heavy atom. The van der Waals surface area contributed by atoms with Crippen LogP contribution in [0.3, 0.4) is 0 Å². The minimum Gasteiger partial charge on any atom is -0.451 e. The number of carbonyl (C=O) groups excluding carboxylic acids is 2. The molecule has 2 N–H and O–H groups in total. The van der Waals surface area contributed by atoms with Crippen molar-refractivity contribution < 1.29 is 14.0 Å². The molecule has 0 atom stereocenters. The van der Waals surface area contributed by atoms with Gasteiger partial charge in [-0.25, -0.2) is 0 Å². The monoisotopic (exact) mass is 450 g/mol. The summed E-state index contributed by atoms with van der Waals surface area (Å²) >= 11 is 18.4. The molecule has 5 nitrogen and oxygen atoms in total. The summed E-state index contributed by atoms with van der Waals surface area (Å²) in [5.74, 6) is -0.114. The number of hydrogen-bond acceptors (Lipinski definition) is 3. The number of hydrogen-bond donors (Lipinski definition) is 2. The summed E-state index contributed by atoms with van der Waals surface area (Å²) in [6, 6.07) is 13.0. The van der Waals surface area contributed by atoms with Gasteiger partial charge in [0.1, 0.15) is 5.76 Å². The van der Waals surface area contributed by atoms with Gasteiger partial charge in [-0.2, -0.15) is 0 Å². The minimum absolute atomic E-state index is 0.0764. The van der Waals surface area contributed by atoms with Crippen LogP contribution in [-0.2, 0) is 4.79 Å². The SMILES string of the molecule is CCCC(=O)Nc1ccc(Cl)c(NC(=O)c2ccc(-c3cc(Cl)ccc3Cl)o2)c1. The fraction of sp³-hybridized carbons (Fsp3) is 0.143. The van der Waals surface area contributed by atoms with Crippen molar-refractivity contribution in [2.45, 2.75) is 19.8 Å². The molecule has 3 aromatic rings. The van der Waals surface area contributed by atoms with Gasteiger partial charge in [-0.05, 0) is 55.0 Å². The van der Waals surface area contributed by atoms with Crippen LogP contribution in [0, 0.1) is 0 Å². The average molecular weight is 452 g/mol. The molecule has 0 unspecified atom stereocenters. The van der Waals surface area contributed by atoms with Crippen LogP contribution in [0.1, 0.15) is 30.3 Å². The largest absolute Gasteiger partial charge is 0.451 e. The van der Waals surface area contributed by atoms with Crippen molar-refractivity contribution in [1.29, 1.82) is 0 Å². The molecule has 0 saturated carbocycles. The lowest BCUT2D eigenvalue weighted by atomic mass is 10.2. The predicted molar refractivity (Wildman–Crippen MR) is 117 cm³/mol. The van der Waals surface area contributed by atoms with Crippen LogP contribution in [0.4, 0.5) is 11.4 Å². The van der Waals surface area contributed by atoms with Crippen molar-refractivity contribution in [3.63, 3.8) is 0 Å². The molecule has 0 aliphatic carbocycles. The van der Waals surface area contributed by atoms with E-state index in [0.29, 0.717) is 44.2 Å². The molecule has 2 aromatic carbocycles. The molecule has 8 heteroatoms. The third kappa shape index (κ3) is 5.32. The second-order valence-corrected chi connectivity index (χ2v) is 7.49. The number of halogens is 3. The van der Waals surface area contributed by atoms with Crippen molar-refractivity contribution in [3.05, 3.63) is 69.4 Å². The average Bonchev–Trinajstić information content (AvgIpc) is 3.16. The van der Waals surface area contributed by atoms with Crippen LogP contribution in [0.2, 0.25) is 15.1 Å². The van der Waals surface area contributed by atoms with Crippen LogP contribution in [0.25, 0.3) is 11.3 Å². The van der Waals surface area contributed by atoms with Crippen LogP contribution in [0.15, 0.2) is 52.9 Å². The Morgan fingerprint density at radius 1 is 0.931 bits per heavy atom. The maximum Gasteiger partial charge on any atom is 0.291 e. The van der Waals surface area contributed by atoms with E-state index in [9.17, 15) is 9.59 Å². The second kappa shape index (κ2) is 9.35. The summed E-state index contributed by atoms with van der Waals surface area (Å²) in [6.45, 7) is 1.92. The number of carbonyl (C=O) groups is 2. The summed E-state index contributed by atoms with van der Waals surface area (Å²) < 4.78 is 5.64. The molecule has 2 amide bonds. The quantitative estimate of drug-likeness (QED) is 0.428. The summed E-state index contributed by atoms with van der Waals surface area (Å²) in [5.41, 5.74) is 1.47. The van der Waals surface area contributed by atoms with Gasteiger partial charge in [0.2, 0.25) is 5.91 Å². The van der Waals surface area contributed by atoms with Crippen molar-refractivity contribution in [2.75, 3.05) is 10.6 Å². The molecule has 0 bridgehead atoms. The van der Waals surface area contributed by atoms with E-state index in [1.54, 1.807) is 42.5 Å². The van der Waals surface area contributed by atoms with Crippen LogP contribution in [-0.4, -0.2) is 11.8 Å². The van der Waals surface area contributed by atoms with Crippen molar-refractivity contribution >= 4 is 58.0 Å². The first-order valence-electron chi connectivity index (χ1n) is 8.83. The number of furan rings is 1. The van der Waals surface area contributed by atoms with E-state index in [0.717, 1.165) is 6.42 Å². The molecule has 0 saturated heterocycles. The first-order valence-corrected chi connectivity index (χ1v) is 9.96.